The molecule has 0 aromatic heterocycles. The fourth-order valence-electron chi connectivity index (χ4n) is 1.57. The van der Waals surface area contributed by atoms with Crippen LogP contribution in [0.4, 0.5) is 5.69 Å². The summed E-state index contributed by atoms with van der Waals surface area (Å²) in [6.07, 6.45) is 2.01. The second-order valence-corrected chi connectivity index (χ2v) is 4.34. The van der Waals surface area contributed by atoms with Crippen molar-refractivity contribution in [3.05, 3.63) is 12.1 Å². The fourth-order valence-corrected chi connectivity index (χ4v) is 2.14. The predicted molar refractivity (Wildman–Crippen MR) is 71.6 cm³/mol. The Bertz CT molecular complexity index is 371. The number of rotatable bonds is 6. The van der Waals surface area contributed by atoms with Crippen LogP contribution in [0.15, 0.2) is 17.0 Å². The van der Waals surface area contributed by atoms with Crippen molar-refractivity contribution < 1.29 is 14.2 Å². The van der Waals surface area contributed by atoms with Crippen molar-refractivity contribution in [3.8, 4) is 11.5 Å². The zero-order chi connectivity index (χ0) is 12.8. The second kappa shape index (κ2) is 6.61. The van der Waals surface area contributed by atoms with E-state index in [2.05, 4.69) is 0 Å². The number of nitrogens with zero attached hydrogens (tertiary/aromatic N) is 1. The lowest BCUT2D eigenvalue weighted by atomic mass is 10.2. The lowest BCUT2D eigenvalue weighted by molar-refractivity contribution is 0.201. The molecular weight excluding hydrogens is 238 g/mol. The highest BCUT2D eigenvalue weighted by Gasteiger charge is 2.13. The molecule has 96 valence electrons. The van der Waals surface area contributed by atoms with E-state index in [0.29, 0.717) is 6.73 Å². The number of benzene rings is 1. The average molecular weight is 257 g/mol. The summed E-state index contributed by atoms with van der Waals surface area (Å²) < 4.78 is 15.9. The van der Waals surface area contributed by atoms with Crippen LogP contribution in [0.2, 0.25) is 0 Å². The van der Waals surface area contributed by atoms with Gasteiger partial charge < -0.3 is 19.1 Å². The number of hydrogen-bond acceptors (Lipinski definition) is 5. The number of thioether (sulfide) groups is 1. The van der Waals surface area contributed by atoms with E-state index in [-0.39, 0.29) is 0 Å². The Hall–Kier alpha value is -1.07. The van der Waals surface area contributed by atoms with E-state index in [1.54, 1.807) is 33.1 Å². The summed E-state index contributed by atoms with van der Waals surface area (Å²) in [5, 5.41) is 0. The quantitative estimate of drug-likeness (QED) is 0.577. The molecule has 0 amide bonds. The van der Waals surface area contributed by atoms with Crippen LogP contribution in [-0.4, -0.2) is 41.4 Å². The molecule has 0 aliphatic rings. The standard InChI is InChI=1S/C12H19NO3S/c1-13(8-14-2)9-6-11(16-4)12(17-5)7-10(9)15-3/h6-7H,8H2,1-5H3. The van der Waals surface area contributed by atoms with Gasteiger partial charge in [-0.2, -0.15) is 0 Å². The van der Waals surface area contributed by atoms with E-state index in [1.807, 2.05) is 30.3 Å². The predicted octanol–water partition coefficient (Wildman–Crippen LogP) is 2.47. The van der Waals surface area contributed by atoms with Gasteiger partial charge in [0.2, 0.25) is 0 Å². The van der Waals surface area contributed by atoms with Gasteiger partial charge in [0.25, 0.3) is 0 Å². The van der Waals surface area contributed by atoms with Crippen molar-refractivity contribution in [1.29, 1.82) is 0 Å². The highest BCUT2D eigenvalue weighted by atomic mass is 32.2. The van der Waals surface area contributed by atoms with Crippen LogP contribution in [-0.2, 0) is 4.74 Å². The maximum atomic E-state index is 5.39. The molecule has 0 aliphatic heterocycles. The molecule has 1 aromatic rings. The van der Waals surface area contributed by atoms with Gasteiger partial charge in [0.15, 0.2) is 0 Å². The number of anilines is 1. The molecule has 17 heavy (non-hydrogen) atoms. The summed E-state index contributed by atoms with van der Waals surface area (Å²) in [4.78, 5) is 3.02. The molecule has 0 atom stereocenters. The van der Waals surface area contributed by atoms with Gasteiger partial charge in [0, 0.05) is 20.2 Å². The van der Waals surface area contributed by atoms with E-state index in [9.17, 15) is 0 Å². The van der Waals surface area contributed by atoms with E-state index in [1.165, 1.54) is 0 Å². The van der Waals surface area contributed by atoms with Crippen LogP contribution >= 0.6 is 11.8 Å². The average Bonchev–Trinajstić information content (AvgIpc) is 2.37. The molecule has 0 spiro atoms. The molecule has 5 heteroatoms. The highest BCUT2D eigenvalue weighted by Crippen LogP contribution is 2.38. The molecule has 0 N–H and O–H groups in total. The molecule has 0 bridgehead atoms. The van der Waals surface area contributed by atoms with Crippen LogP contribution in [0.5, 0.6) is 11.5 Å². The number of hydrogen-bond donors (Lipinski definition) is 0. The molecule has 1 aromatic carbocycles. The Morgan fingerprint density at radius 1 is 1.12 bits per heavy atom. The van der Waals surface area contributed by atoms with E-state index < -0.39 is 0 Å². The molecule has 0 fully saturated rings. The molecule has 0 unspecified atom stereocenters. The lowest BCUT2D eigenvalue weighted by Gasteiger charge is -2.22. The zero-order valence-electron chi connectivity index (χ0n) is 10.9. The molecule has 0 radical (unpaired) electrons. The van der Waals surface area contributed by atoms with Crippen LogP contribution in [0.3, 0.4) is 0 Å². The van der Waals surface area contributed by atoms with Crippen molar-refractivity contribution in [1.82, 2.24) is 0 Å². The first-order chi connectivity index (χ1) is 8.17. The molecule has 0 saturated heterocycles. The topological polar surface area (TPSA) is 30.9 Å². The first-order valence-electron chi connectivity index (χ1n) is 5.18. The Morgan fingerprint density at radius 2 is 1.76 bits per heavy atom. The molecule has 1 rings (SSSR count). The first-order valence-corrected chi connectivity index (χ1v) is 6.40. The van der Waals surface area contributed by atoms with Crippen molar-refractivity contribution in [3.63, 3.8) is 0 Å². The third kappa shape index (κ3) is 3.20. The van der Waals surface area contributed by atoms with Crippen molar-refractivity contribution in [2.45, 2.75) is 4.90 Å². The number of methoxy groups -OCH3 is 3. The number of ether oxygens (including phenoxy) is 3. The van der Waals surface area contributed by atoms with Crippen LogP contribution in [0.1, 0.15) is 0 Å². The maximum Gasteiger partial charge on any atom is 0.143 e. The van der Waals surface area contributed by atoms with Crippen molar-refractivity contribution >= 4 is 17.4 Å². The van der Waals surface area contributed by atoms with E-state index >= 15 is 0 Å². The summed E-state index contributed by atoms with van der Waals surface area (Å²) in [6.45, 7) is 0.498. The van der Waals surface area contributed by atoms with Crippen LogP contribution in [0, 0.1) is 0 Å². The summed E-state index contributed by atoms with van der Waals surface area (Å²) in [6, 6.07) is 3.94. The highest BCUT2D eigenvalue weighted by molar-refractivity contribution is 7.98. The molecule has 0 saturated carbocycles. The van der Waals surface area contributed by atoms with Crippen molar-refractivity contribution in [2.24, 2.45) is 0 Å². The Labute approximate surface area is 107 Å². The third-order valence-electron chi connectivity index (χ3n) is 2.42. The molecule has 0 heterocycles. The van der Waals surface area contributed by atoms with Gasteiger partial charge in [-0.15, -0.1) is 11.8 Å². The summed E-state index contributed by atoms with van der Waals surface area (Å²) in [5.74, 6) is 1.66. The van der Waals surface area contributed by atoms with Crippen molar-refractivity contribution in [2.75, 3.05) is 46.3 Å². The van der Waals surface area contributed by atoms with Gasteiger partial charge in [-0.25, -0.2) is 0 Å². The Kier molecular flexibility index (Phi) is 5.44. The van der Waals surface area contributed by atoms with Crippen LogP contribution in [0.25, 0.3) is 0 Å². The van der Waals surface area contributed by atoms with Gasteiger partial charge in [0.05, 0.1) is 24.8 Å². The second-order valence-electron chi connectivity index (χ2n) is 3.49. The third-order valence-corrected chi connectivity index (χ3v) is 3.18. The van der Waals surface area contributed by atoms with E-state index in [0.717, 1.165) is 22.1 Å². The summed E-state index contributed by atoms with van der Waals surface area (Å²) in [7, 11) is 6.94. The summed E-state index contributed by atoms with van der Waals surface area (Å²) >= 11 is 1.63. The van der Waals surface area contributed by atoms with Gasteiger partial charge in [-0.05, 0) is 12.3 Å². The minimum absolute atomic E-state index is 0.498. The Morgan fingerprint density at radius 3 is 2.24 bits per heavy atom. The van der Waals surface area contributed by atoms with Gasteiger partial charge in [-0.3, -0.25) is 0 Å². The Balaban J connectivity index is 3.18. The molecule has 4 nitrogen and oxygen atoms in total. The zero-order valence-corrected chi connectivity index (χ0v) is 11.8. The lowest BCUT2D eigenvalue weighted by Crippen LogP contribution is -2.20. The largest absolute Gasteiger partial charge is 0.496 e. The van der Waals surface area contributed by atoms with Crippen LogP contribution < -0.4 is 14.4 Å². The maximum absolute atomic E-state index is 5.39. The monoisotopic (exact) mass is 257 g/mol. The SMILES string of the molecule is COCN(C)c1cc(OC)c(SC)cc1OC. The van der Waals surface area contributed by atoms with E-state index in [4.69, 9.17) is 14.2 Å². The normalized spacial score (nSPS) is 10.2. The molecule has 0 aliphatic carbocycles. The first kappa shape index (κ1) is 14.0. The molecular formula is C12H19NO3S. The van der Waals surface area contributed by atoms with Gasteiger partial charge in [-0.1, -0.05) is 0 Å². The van der Waals surface area contributed by atoms with Gasteiger partial charge >= 0.3 is 0 Å². The fraction of sp³-hybridized carbons (Fsp3) is 0.500. The minimum Gasteiger partial charge on any atom is -0.496 e. The summed E-state index contributed by atoms with van der Waals surface area (Å²) in [5.41, 5.74) is 0.948. The minimum atomic E-state index is 0.498. The smallest absolute Gasteiger partial charge is 0.143 e. The van der Waals surface area contributed by atoms with Gasteiger partial charge in [0.1, 0.15) is 18.2 Å².